The van der Waals surface area contributed by atoms with Crippen LogP contribution in [-0.4, -0.2) is 33.8 Å². The van der Waals surface area contributed by atoms with Gasteiger partial charge < -0.3 is 14.4 Å². The molecule has 0 bridgehead atoms. The van der Waals surface area contributed by atoms with E-state index in [2.05, 4.69) is 9.55 Å². The Bertz CT molecular complexity index is 659. The summed E-state index contributed by atoms with van der Waals surface area (Å²) in [6.45, 7) is 4.38. The number of fused-ring (bicyclic) bond motifs is 1. The zero-order chi connectivity index (χ0) is 14.8. The highest BCUT2D eigenvalue weighted by molar-refractivity contribution is 5.92. The highest BCUT2D eigenvalue weighted by atomic mass is 16.5. The molecule has 0 saturated heterocycles. The predicted octanol–water partition coefficient (Wildman–Crippen LogP) is 2.86. The van der Waals surface area contributed by atoms with Crippen molar-refractivity contribution in [2.45, 2.75) is 32.7 Å². The number of benzene rings is 1. The third-order valence-electron chi connectivity index (χ3n) is 3.91. The van der Waals surface area contributed by atoms with Gasteiger partial charge in [0.05, 0.1) is 16.6 Å². The molecule has 0 unspecified atom stereocenters. The van der Waals surface area contributed by atoms with Gasteiger partial charge in [0.15, 0.2) is 0 Å². The van der Waals surface area contributed by atoms with E-state index in [0.717, 1.165) is 49.0 Å². The summed E-state index contributed by atoms with van der Waals surface area (Å²) in [7, 11) is 0. The molecule has 1 saturated carbocycles. The van der Waals surface area contributed by atoms with Gasteiger partial charge in [-0.3, -0.25) is 0 Å². The first-order chi connectivity index (χ1) is 10.1. The molecule has 1 aromatic heterocycles. The van der Waals surface area contributed by atoms with Gasteiger partial charge in [-0.15, -0.1) is 0 Å². The van der Waals surface area contributed by atoms with Crippen molar-refractivity contribution in [3.63, 3.8) is 0 Å². The van der Waals surface area contributed by atoms with Gasteiger partial charge in [-0.05, 0) is 50.3 Å². The third kappa shape index (κ3) is 3.24. The molecule has 21 heavy (non-hydrogen) atoms. The molecule has 1 aromatic carbocycles. The van der Waals surface area contributed by atoms with Crippen molar-refractivity contribution in [2.24, 2.45) is 5.92 Å². The van der Waals surface area contributed by atoms with Crippen LogP contribution in [0.5, 0.6) is 0 Å². The van der Waals surface area contributed by atoms with Crippen molar-refractivity contribution < 1.29 is 14.6 Å². The summed E-state index contributed by atoms with van der Waals surface area (Å²) in [5.41, 5.74) is 2.03. The van der Waals surface area contributed by atoms with E-state index in [4.69, 9.17) is 9.84 Å². The maximum atomic E-state index is 11.1. The summed E-state index contributed by atoms with van der Waals surface area (Å²) in [5, 5.41) is 9.10. The minimum Gasteiger partial charge on any atom is -0.478 e. The topological polar surface area (TPSA) is 64.3 Å². The van der Waals surface area contributed by atoms with Crippen molar-refractivity contribution in [1.82, 2.24) is 9.55 Å². The molecule has 3 rings (SSSR count). The molecule has 1 aliphatic rings. The minimum absolute atomic E-state index is 0.300. The number of ether oxygens (including phenoxy) is 1. The zero-order valence-corrected chi connectivity index (χ0v) is 12.2. The molecule has 1 aliphatic carbocycles. The van der Waals surface area contributed by atoms with Crippen LogP contribution >= 0.6 is 0 Å². The van der Waals surface area contributed by atoms with Crippen LogP contribution in [0.1, 0.15) is 35.4 Å². The number of aryl methyl sites for hydroxylation is 2. The van der Waals surface area contributed by atoms with E-state index in [1.54, 1.807) is 18.2 Å². The fourth-order valence-electron chi connectivity index (χ4n) is 2.52. The standard InChI is InChI=1S/C16H20N2O3/c1-11-17-14-6-5-13(16(19)20)9-15(14)18(11)7-2-8-21-10-12-3-4-12/h5-6,9,12H,2-4,7-8,10H2,1H3,(H,19,20). The SMILES string of the molecule is Cc1nc2ccc(C(=O)O)cc2n1CCCOCC1CC1. The molecular weight excluding hydrogens is 268 g/mol. The number of hydrogen-bond acceptors (Lipinski definition) is 3. The second kappa shape index (κ2) is 5.85. The van der Waals surface area contributed by atoms with E-state index in [-0.39, 0.29) is 0 Å². The molecule has 0 aliphatic heterocycles. The van der Waals surface area contributed by atoms with E-state index < -0.39 is 5.97 Å². The summed E-state index contributed by atoms with van der Waals surface area (Å²) >= 11 is 0. The van der Waals surface area contributed by atoms with Gasteiger partial charge in [0.25, 0.3) is 0 Å². The first kappa shape index (κ1) is 14.1. The summed E-state index contributed by atoms with van der Waals surface area (Å²) in [4.78, 5) is 15.6. The molecule has 1 fully saturated rings. The quantitative estimate of drug-likeness (QED) is 0.796. The molecule has 0 amide bonds. The summed E-state index contributed by atoms with van der Waals surface area (Å²) in [5.74, 6) is 0.795. The second-order valence-electron chi connectivity index (χ2n) is 5.69. The Labute approximate surface area is 123 Å². The van der Waals surface area contributed by atoms with Gasteiger partial charge in [-0.2, -0.15) is 0 Å². The lowest BCUT2D eigenvalue weighted by molar-refractivity contribution is 0.0697. The number of imidazole rings is 1. The zero-order valence-electron chi connectivity index (χ0n) is 12.2. The molecule has 2 aromatic rings. The highest BCUT2D eigenvalue weighted by Gasteiger charge is 2.20. The number of aromatic carboxylic acids is 1. The Morgan fingerprint density at radius 2 is 2.29 bits per heavy atom. The van der Waals surface area contributed by atoms with Gasteiger partial charge in [-0.25, -0.2) is 9.78 Å². The van der Waals surface area contributed by atoms with Crippen LogP contribution in [0.4, 0.5) is 0 Å². The van der Waals surface area contributed by atoms with Gasteiger partial charge >= 0.3 is 5.97 Å². The van der Waals surface area contributed by atoms with Crippen LogP contribution in [0.15, 0.2) is 18.2 Å². The van der Waals surface area contributed by atoms with Crippen molar-refractivity contribution in [3.8, 4) is 0 Å². The predicted molar refractivity (Wildman–Crippen MR) is 79.6 cm³/mol. The smallest absolute Gasteiger partial charge is 0.335 e. The molecule has 112 valence electrons. The molecule has 1 heterocycles. The van der Waals surface area contributed by atoms with Crippen LogP contribution in [-0.2, 0) is 11.3 Å². The second-order valence-corrected chi connectivity index (χ2v) is 5.69. The van der Waals surface area contributed by atoms with Crippen molar-refractivity contribution in [3.05, 3.63) is 29.6 Å². The Kier molecular flexibility index (Phi) is 3.92. The number of carboxylic acid groups (broad SMARTS) is 1. The fourth-order valence-corrected chi connectivity index (χ4v) is 2.52. The lowest BCUT2D eigenvalue weighted by atomic mass is 10.2. The molecule has 0 spiro atoms. The van der Waals surface area contributed by atoms with Crippen LogP contribution in [0, 0.1) is 12.8 Å². The maximum absolute atomic E-state index is 11.1. The minimum atomic E-state index is -0.907. The average Bonchev–Trinajstić information content (AvgIpc) is 3.22. The monoisotopic (exact) mass is 288 g/mol. The number of nitrogens with zero attached hydrogens (tertiary/aromatic N) is 2. The Hall–Kier alpha value is -1.88. The van der Waals surface area contributed by atoms with Crippen molar-refractivity contribution >= 4 is 17.0 Å². The van der Waals surface area contributed by atoms with E-state index in [9.17, 15) is 4.79 Å². The third-order valence-corrected chi connectivity index (χ3v) is 3.91. The van der Waals surface area contributed by atoms with Crippen molar-refractivity contribution in [2.75, 3.05) is 13.2 Å². The van der Waals surface area contributed by atoms with Crippen LogP contribution < -0.4 is 0 Å². The van der Waals surface area contributed by atoms with Crippen LogP contribution in [0.25, 0.3) is 11.0 Å². The lowest BCUT2D eigenvalue weighted by Crippen LogP contribution is -2.06. The van der Waals surface area contributed by atoms with E-state index in [1.807, 2.05) is 6.92 Å². The summed E-state index contributed by atoms with van der Waals surface area (Å²) in [6, 6.07) is 5.06. The summed E-state index contributed by atoms with van der Waals surface area (Å²) in [6.07, 6.45) is 3.53. The number of aromatic nitrogens is 2. The average molecular weight is 288 g/mol. The highest BCUT2D eigenvalue weighted by Crippen LogP contribution is 2.28. The molecule has 0 radical (unpaired) electrons. The Morgan fingerprint density at radius 1 is 1.48 bits per heavy atom. The van der Waals surface area contributed by atoms with E-state index >= 15 is 0 Å². The number of carbonyl (C=O) groups is 1. The first-order valence-corrected chi connectivity index (χ1v) is 7.43. The van der Waals surface area contributed by atoms with E-state index in [0.29, 0.717) is 5.56 Å². The molecule has 0 atom stereocenters. The number of rotatable bonds is 7. The van der Waals surface area contributed by atoms with Gasteiger partial charge in [0.2, 0.25) is 0 Å². The fraction of sp³-hybridized carbons (Fsp3) is 0.500. The first-order valence-electron chi connectivity index (χ1n) is 7.43. The molecule has 5 nitrogen and oxygen atoms in total. The number of carboxylic acids is 1. The van der Waals surface area contributed by atoms with Gasteiger partial charge in [-0.1, -0.05) is 0 Å². The number of hydrogen-bond donors (Lipinski definition) is 1. The van der Waals surface area contributed by atoms with Crippen molar-refractivity contribution in [1.29, 1.82) is 0 Å². The van der Waals surface area contributed by atoms with Crippen LogP contribution in [0.2, 0.25) is 0 Å². The van der Waals surface area contributed by atoms with Gasteiger partial charge in [0.1, 0.15) is 5.82 Å². The molecule has 5 heteroatoms. The largest absolute Gasteiger partial charge is 0.478 e. The Morgan fingerprint density at radius 3 is 3.00 bits per heavy atom. The van der Waals surface area contributed by atoms with Gasteiger partial charge in [0, 0.05) is 19.8 Å². The molecular formula is C16H20N2O3. The lowest BCUT2D eigenvalue weighted by Gasteiger charge is -2.08. The summed E-state index contributed by atoms with van der Waals surface area (Å²) < 4.78 is 7.71. The molecule has 1 N–H and O–H groups in total. The Balaban J connectivity index is 1.68. The normalized spacial score (nSPS) is 14.7. The van der Waals surface area contributed by atoms with E-state index in [1.165, 1.54) is 12.8 Å². The van der Waals surface area contributed by atoms with Crippen LogP contribution in [0.3, 0.4) is 0 Å². The maximum Gasteiger partial charge on any atom is 0.335 e.